The zero-order chi connectivity index (χ0) is 14.7. The first kappa shape index (κ1) is 15.3. The maximum absolute atomic E-state index is 11.9. The van der Waals surface area contributed by atoms with Crippen LogP contribution in [0.2, 0.25) is 0 Å². The van der Waals surface area contributed by atoms with Gasteiger partial charge in [0.15, 0.2) is 0 Å². The van der Waals surface area contributed by atoms with Crippen molar-refractivity contribution in [2.45, 2.75) is 20.3 Å². The van der Waals surface area contributed by atoms with Crippen LogP contribution in [0.25, 0.3) is 10.4 Å². The van der Waals surface area contributed by atoms with E-state index in [1.165, 1.54) is 14.9 Å². The average molecular weight is 401 g/mol. The van der Waals surface area contributed by atoms with E-state index in [1.807, 2.05) is 6.92 Å². The van der Waals surface area contributed by atoms with Gasteiger partial charge in [0.2, 0.25) is 0 Å². The number of rotatable bonds is 4. The Hall–Kier alpha value is -1.08. The number of carbonyl (C=O) groups is 1. The lowest BCUT2D eigenvalue weighted by Gasteiger charge is -2.03. The van der Waals surface area contributed by atoms with Crippen molar-refractivity contribution in [1.82, 2.24) is 0 Å². The molecule has 2 aromatic rings. The predicted octanol–water partition coefficient (Wildman–Crippen LogP) is 4.34. The van der Waals surface area contributed by atoms with Crippen LogP contribution >= 0.6 is 33.9 Å². The zero-order valence-electron chi connectivity index (χ0n) is 11.4. The Kier molecular flexibility index (Phi) is 5.04. The number of thiophene rings is 1. The number of halogens is 1. The van der Waals surface area contributed by atoms with Gasteiger partial charge < -0.3 is 10.5 Å². The Morgan fingerprint density at radius 1 is 1.30 bits per heavy atom. The first-order chi connectivity index (χ1) is 9.58. The number of esters is 1. The van der Waals surface area contributed by atoms with Crippen LogP contribution in [-0.2, 0) is 11.2 Å². The van der Waals surface area contributed by atoms with Crippen molar-refractivity contribution in [2.75, 3.05) is 12.3 Å². The van der Waals surface area contributed by atoms with Crippen LogP contribution < -0.4 is 5.73 Å². The number of benzene rings is 1. The van der Waals surface area contributed by atoms with Crippen molar-refractivity contribution in [3.8, 4) is 10.4 Å². The van der Waals surface area contributed by atoms with E-state index in [4.69, 9.17) is 10.5 Å². The fourth-order valence-corrected chi connectivity index (χ4v) is 3.58. The van der Waals surface area contributed by atoms with Crippen LogP contribution in [0.4, 0.5) is 5.69 Å². The van der Waals surface area contributed by atoms with E-state index in [-0.39, 0.29) is 5.97 Å². The smallest absolute Gasteiger partial charge is 0.350 e. The van der Waals surface area contributed by atoms with E-state index in [1.54, 1.807) is 6.92 Å². The Balaban J connectivity index is 2.50. The first-order valence-electron chi connectivity index (χ1n) is 6.42. The maximum atomic E-state index is 11.9. The van der Waals surface area contributed by atoms with Gasteiger partial charge in [-0.25, -0.2) is 4.79 Å². The predicted molar refractivity (Wildman–Crippen MR) is 92.2 cm³/mol. The van der Waals surface area contributed by atoms with Gasteiger partial charge in [0.25, 0.3) is 0 Å². The molecule has 20 heavy (non-hydrogen) atoms. The lowest BCUT2D eigenvalue weighted by molar-refractivity contribution is 0.0533. The molecule has 1 aromatic carbocycles. The molecule has 3 nitrogen and oxygen atoms in total. The SMILES string of the molecule is CCOC(=O)c1sc(-c2ccc(I)cc2)c(CC)c1N. The minimum atomic E-state index is -0.332. The van der Waals surface area contributed by atoms with Gasteiger partial charge in [-0.3, -0.25) is 0 Å². The normalized spacial score (nSPS) is 10.6. The van der Waals surface area contributed by atoms with Gasteiger partial charge in [-0.1, -0.05) is 19.1 Å². The molecule has 0 saturated heterocycles. The molecule has 5 heteroatoms. The third-order valence-electron chi connectivity index (χ3n) is 2.97. The molecule has 0 unspecified atom stereocenters. The Morgan fingerprint density at radius 2 is 1.95 bits per heavy atom. The lowest BCUT2D eigenvalue weighted by Crippen LogP contribution is -2.05. The highest BCUT2D eigenvalue weighted by Gasteiger charge is 2.21. The number of ether oxygens (including phenoxy) is 1. The van der Waals surface area contributed by atoms with Crippen molar-refractivity contribution in [3.05, 3.63) is 38.3 Å². The van der Waals surface area contributed by atoms with Crippen molar-refractivity contribution in [2.24, 2.45) is 0 Å². The molecule has 0 spiro atoms. The maximum Gasteiger partial charge on any atom is 0.350 e. The van der Waals surface area contributed by atoms with Gasteiger partial charge in [0, 0.05) is 8.45 Å². The van der Waals surface area contributed by atoms with Gasteiger partial charge >= 0.3 is 5.97 Å². The summed E-state index contributed by atoms with van der Waals surface area (Å²) < 4.78 is 6.25. The summed E-state index contributed by atoms with van der Waals surface area (Å²) in [5.74, 6) is -0.332. The summed E-state index contributed by atoms with van der Waals surface area (Å²) in [7, 11) is 0. The molecule has 1 aromatic heterocycles. The number of nitrogens with two attached hydrogens (primary N) is 1. The molecule has 0 aliphatic heterocycles. The molecule has 0 saturated carbocycles. The Morgan fingerprint density at radius 3 is 2.50 bits per heavy atom. The van der Waals surface area contributed by atoms with Crippen LogP contribution in [0.1, 0.15) is 29.1 Å². The van der Waals surface area contributed by atoms with Gasteiger partial charge in [-0.15, -0.1) is 11.3 Å². The second-order valence-electron chi connectivity index (χ2n) is 4.23. The largest absolute Gasteiger partial charge is 0.462 e. The molecule has 0 atom stereocenters. The van der Waals surface area contributed by atoms with Crippen LogP contribution in [-0.4, -0.2) is 12.6 Å². The quantitative estimate of drug-likeness (QED) is 0.613. The fourth-order valence-electron chi connectivity index (χ4n) is 2.01. The third kappa shape index (κ3) is 2.98. The van der Waals surface area contributed by atoms with Crippen molar-refractivity contribution >= 4 is 45.6 Å². The van der Waals surface area contributed by atoms with E-state index >= 15 is 0 Å². The molecule has 106 valence electrons. The third-order valence-corrected chi connectivity index (χ3v) is 4.96. The molecule has 0 radical (unpaired) electrons. The number of hydrogen-bond donors (Lipinski definition) is 1. The highest BCUT2D eigenvalue weighted by Crippen LogP contribution is 2.39. The molecule has 0 aliphatic carbocycles. The fraction of sp³-hybridized carbons (Fsp3) is 0.267. The molecule has 0 bridgehead atoms. The van der Waals surface area contributed by atoms with Crippen LogP contribution in [0.5, 0.6) is 0 Å². The summed E-state index contributed by atoms with van der Waals surface area (Å²) in [6.45, 7) is 4.20. The van der Waals surface area contributed by atoms with Crippen LogP contribution in [0.3, 0.4) is 0 Å². The topological polar surface area (TPSA) is 52.3 Å². The number of carbonyl (C=O) groups excluding carboxylic acids is 1. The standard InChI is InChI=1S/C15H16INO2S/c1-3-11-12(17)14(15(18)19-4-2)20-13(11)9-5-7-10(16)8-6-9/h5-8H,3-4,17H2,1-2H3. The van der Waals surface area contributed by atoms with E-state index < -0.39 is 0 Å². The minimum Gasteiger partial charge on any atom is -0.462 e. The highest BCUT2D eigenvalue weighted by atomic mass is 127. The molecular weight excluding hydrogens is 385 g/mol. The van der Waals surface area contributed by atoms with E-state index in [0.29, 0.717) is 17.2 Å². The summed E-state index contributed by atoms with van der Waals surface area (Å²) in [5, 5.41) is 0. The number of nitrogen functional groups attached to an aromatic ring is 1. The van der Waals surface area contributed by atoms with Crippen LogP contribution in [0, 0.1) is 3.57 Å². The second kappa shape index (κ2) is 6.58. The minimum absolute atomic E-state index is 0.332. The zero-order valence-corrected chi connectivity index (χ0v) is 14.4. The second-order valence-corrected chi connectivity index (χ2v) is 6.50. The summed E-state index contributed by atoms with van der Waals surface area (Å²) in [5.41, 5.74) is 8.80. The Bertz CT molecular complexity index is 620. The van der Waals surface area contributed by atoms with Gasteiger partial charge in [0.1, 0.15) is 4.88 Å². The summed E-state index contributed by atoms with van der Waals surface area (Å²) >= 11 is 3.69. The van der Waals surface area contributed by atoms with Gasteiger partial charge in [-0.05, 0) is 59.2 Å². The lowest BCUT2D eigenvalue weighted by atomic mass is 10.1. The van der Waals surface area contributed by atoms with Gasteiger partial charge in [-0.2, -0.15) is 0 Å². The molecule has 2 rings (SSSR count). The molecule has 0 fully saturated rings. The summed E-state index contributed by atoms with van der Waals surface area (Å²) in [4.78, 5) is 13.5. The van der Waals surface area contributed by atoms with Crippen LogP contribution in [0.15, 0.2) is 24.3 Å². The molecule has 0 amide bonds. The number of hydrogen-bond acceptors (Lipinski definition) is 4. The molecule has 1 heterocycles. The van der Waals surface area contributed by atoms with E-state index in [2.05, 4.69) is 46.9 Å². The summed E-state index contributed by atoms with van der Waals surface area (Å²) in [6, 6.07) is 8.22. The van der Waals surface area contributed by atoms with Crippen molar-refractivity contribution in [3.63, 3.8) is 0 Å². The number of anilines is 1. The van der Waals surface area contributed by atoms with Crippen molar-refractivity contribution in [1.29, 1.82) is 0 Å². The van der Waals surface area contributed by atoms with E-state index in [9.17, 15) is 4.79 Å². The van der Waals surface area contributed by atoms with Gasteiger partial charge in [0.05, 0.1) is 12.3 Å². The summed E-state index contributed by atoms with van der Waals surface area (Å²) in [6.07, 6.45) is 0.795. The average Bonchev–Trinajstić information content (AvgIpc) is 2.77. The Labute approximate surface area is 136 Å². The first-order valence-corrected chi connectivity index (χ1v) is 8.32. The molecule has 2 N–H and O–H groups in total. The highest BCUT2D eigenvalue weighted by molar-refractivity contribution is 14.1. The van der Waals surface area contributed by atoms with Crippen molar-refractivity contribution < 1.29 is 9.53 Å². The monoisotopic (exact) mass is 401 g/mol. The van der Waals surface area contributed by atoms with E-state index in [0.717, 1.165) is 22.4 Å². The molecular formula is C15H16INO2S. The molecule has 0 aliphatic rings.